The summed E-state index contributed by atoms with van der Waals surface area (Å²) >= 11 is 0. The van der Waals surface area contributed by atoms with Crippen molar-refractivity contribution in [3.05, 3.63) is 64.6 Å². The number of halogens is 3. The van der Waals surface area contributed by atoms with Gasteiger partial charge in [0.1, 0.15) is 23.7 Å². The number of alkyl halides is 3. The number of aliphatic hydroxyl groups excluding tert-OH is 1. The van der Waals surface area contributed by atoms with Crippen molar-refractivity contribution >= 4 is 39.4 Å². The molecule has 1 saturated heterocycles. The van der Waals surface area contributed by atoms with Gasteiger partial charge in [0.25, 0.3) is 11.8 Å². The zero-order valence-electron chi connectivity index (χ0n) is 21.6. The Morgan fingerprint density at radius 2 is 1.93 bits per heavy atom. The summed E-state index contributed by atoms with van der Waals surface area (Å²) in [6.45, 7) is 1.15. The molecule has 2 aromatic carbocycles. The van der Waals surface area contributed by atoms with E-state index < -0.39 is 46.1 Å². The van der Waals surface area contributed by atoms with E-state index in [4.69, 9.17) is 5.11 Å². The third kappa shape index (κ3) is 6.35. The van der Waals surface area contributed by atoms with Crippen LogP contribution in [0, 0.1) is 6.92 Å². The second kappa shape index (κ2) is 11.0. The van der Waals surface area contributed by atoms with Crippen molar-refractivity contribution in [2.24, 2.45) is 4.99 Å². The molecule has 0 saturated carbocycles. The number of piperidine rings is 1. The summed E-state index contributed by atoms with van der Waals surface area (Å²) in [4.78, 5) is 30.3. The molecule has 2 aliphatic rings. The first kappa shape index (κ1) is 29.2. The van der Waals surface area contributed by atoms with E-state index in [0.29, 0.717) is 16.8 Å². The number of hydrogen-bond donors (Lipinski definition) is 2. The van der Waals surface area contributed by atoms with Crippen LogP contribution >= 0.6 is 0 Å². The fourth-order valence-electron chi connectivity index (χ4n) is 4.49. The van der Waals surface area contributed by atoms with Crippen molar-refractivity contribution in [3.63, 3.8) is 0 Å². The topological polar surface area (TPSA) is 129 Å². The van der Waals surface area contributed by atoms with Gasteiger partial charge in [0.05, 0.1) is 0 Å². The summed E-state index contributed by atoms with van der Waals surface area (Å²) < 4.78 is 69.0. The maximum Gasteiger partial charge on any atom is 0.573 e. The van der Waals surface area contributed by atoms with E-state index in [1.807, 2.05) is 0 Å². The van der Waals surface area contributed by atoms with Gasteiger partial charge in [-0.15, -0.1) is 13.2 Å². The zero-order chi connectivity index (χ0) is 29.3. The number of likely N-dealkylation sites (N-methyl/N-ethyl adjacent to an activating group) is 1. The lowest BCUT2D eigenvalue weighted by molar-refractivity contribution is -0.274. The molecule has 40 heavy (non-hydrogen) atoms. The molecule has 1 spiro atoms. The molecule has 0 aromatic heterocycles. The normalized spacial score (nSPS) is 17.6. The van der Waals surface area contributed by atoms with Gasteiger partial charge in [-0.1, -0.05) is 18.2 Å². The average Bonchev–Trinajstić information content (AvgIpc) is 3.21. The Kier molecular flexibility index (Phi) is 8.06. The maximum absolute atomic E-state index is 13.0. The highest BCUT2D eigenvalue weighted by Gasteiger charge is 2.47. The van der Waals surface area contributed by atoms with Crippen molar-refractivity contribution in [1.29, 1.82) is 0 Å². The molecule has 0 bridgehead atoms. The van der Waals surface area contributed by atoms with Crippen molar-refractivity contribution < 1.29 is 41.0 Å². The number of rotatable bonds is 7. The Hall–Kier alpha value is -3.75. The highest BCUT2D eigenvalue weighted by molar-refractivity contribution is 7.92. The van der Waals surface area contributed by atoms with E-state index >= 15 is 0 Å². The minimum atomic E-state index is -4.87. The van der Waals surface area contributed by atoms with Gasteiger partial charge in [-0.05, 0) is 61.2 Å². The van der Waals surface area contributed by atoms with E-state index in [1.54, 1.807) is 25.1 Å². The van der Waals surface area contributed by atoms with Gasteiger partial charge in [0.2, 0.25) is 10.0 Å². The number of ether oxygens (including phenoxy) is 1. The first-order valence-electron chi connectivity index (χ1n) is 12.2. The fourth-order valence-corrected chi connectivity index (χ4v) is 5.68. The lowest BCUT2D eigenvalue weighted by Crippen LogP contribution is -2.50. The highest BCUT2D eigenvalue weighted by Crippen LogP contribution is 2.33. The third-order valence-electron chi connectivity index (χ3n) is 6.80. The number of carbonyl (C=O) groups excluding carboxylic acids is 2. The molecule has 214 valence electrons. The molecule has 2 heterocycles. The Balaban J connectivity index is 1.44. The standard InChI is InChI=1S/C26H27F3N4O6S/c1-17-14-20(32(2)22(35)16-34)7-6-18(17)8-13-40(37,38)33-11-9-25(10-12-33)24(36)30-23(31-25)19-4-3-5-21(15-19)39-26(27,28)29/h3-8,13-15,34H,9-12,16H2,1-2H3,(H,30,31,36)/b13-8+. The molecule has 0 aliphatic carbocycles. The molecule has 2 aliphatic heterocycles. The van der Waals surface area contributed by atoms with Crippen LogP contribution in [0.5, 0.6) is 5.75 Å². The largest absolute Gasteiger partial charge is 0.573 e. The number of amidine groups is 1. The average molecular weight is 581 g/mol. The molecule has 0 unspecified atom stereocenters. The SMILES string of the molecule is Cc1cc(N(C)C(=O)CO)ccc1/C=C/S(=O)(=O)N1CCC2(CC1)N=C(c1cccc(OC(F)(F)F)c1)NC2=O. The number of aliphatic imine (C=N–C) groups is 1. The molecule has 2 N–H and O–H groups in total. The van der Waals surface area contributed by atoms with Crippen LogP contribution in [0.3, 0.4) is 0 Å². The summed E-state index contributed by atoms with van der Waals surface area (Å²) in [6.07, 6.45) is -3.24. The maximum atomic E-state index is 13.0. The Morgan fingerprint density at radius 3 is 2.55 bits per heavy atom. The van der Waals surface area contributed by atoms with Gasteiger partial charge in [0.15, 0.2) is 0 Å². The zero-order valence-corrected chi connectivity index (χ0v) is 22.4. The predicted molar refractivity (Wildman–Crippen MR) is 141 cm³/mol. The molecule has 14 heteroatoms. The van der Waals surface area contributed by atoms with Gasteiger partial charge in [-0.25, -0.2) is 8.42 Å². The van der Waals surface area contributed by atoms with E-state index in [-0.39, 0.29) is 37.3 Å². The number of benzene rings is 2. The third-order valence-corrected chi connectivity index (χ3v) is 8.37. The van der Waals surface area contributed by atoms with Gasteiger partial charge >= 0.3 is 6.36 Å². The van der Waals surface area contributed by atoms with Gasteiger partial charge in [-0.2, -0.15) is 4.31 Å². The second-order valence-electron chi connectivity index (χ2n) is 9.42. The summed E-state index contributed by atoms with van der Waals surface area (Å²) in [5.41, 5.74) is 0.891. The lowest BCUT2D eigenvalue weighted by atomic mass is 9.89. The van der Waals surface area contributed by atoms with Crippen molar-refractivity contribution in [2.75, 3.05) is 31.6 Å². The number of sulfonamides is 1. The Morgan fingerprint density at radius 1 is 1.23 bits per heavy atom. The smallest absolute Gasteiger partial charge is 0.406 e. The van der Waals surface area contributed by atoms with Crippen LogP contribution in [0.4, 0.5) is 18.9 Å². The number of anilines is 1. The van der Waals surface area contributed by atoms with Crippen LogP contribution in [-0.2, 0) is 19.6 Å². The monoisotopic (exact) mass is 580 g/mol. The summed E-state index contributed by atoms with van der Waals surface area (Å²) in [5.74, 6) is -1.28. The van der Waals surface area contributed by atoms with Gasteiger partial charge in [0, 0.05) is 36.8 Å². The van der Waals surface area contributed by atoms with E-state index in [0.717, 1.165) is 17.5 Å². The van der Waals surface area contributed by atoms with Crippen LogP contribution < -0.4 is 15.0 Å². The number of hydrogen-bond acceptors (Lipinski definition) is 7. The van der Waals surface area contributed by atoms with Crippen molar-refractivity contribution in [1.82, 2.24) is 9.62 Å². The number of nitrogens with zero attached hydrogens (tertiary/aromatic N) is 3. The number of aryl methyl sites for hydroxylation is 1. The van der Waals surface area contributed by atoms with Crippen LogP contribution in [0.1, 0.15) is 29.5 Å². The molecule has 4 rings (SSSR count). The lowest BCUT2D eigenvalue weighted by Gasteiger charge is -2.34. The number of carbonyl (C=O) groups is 2. The number of amides is 2. The molecule has 0 atom stereocenters. The molecule has 10 nitrogen and oxygen atoms in total. The fraction of sp³-hybridized carbons (Fsp3) is 0.346. The van der Waals surface area contributed by atoms with Crippen LogP contribution in [0.2, 0.25) is 0 Å². The number of nitrogens with one attached hydrogen (secondary N) is 1. The first-order valence-corrected chi connectivity index (χ1v) is 13.7. The molecular formula is C26H27F3N4O6S. The van der Waals surface area contributed by atoms with E-state index in [1.165, 1.54) is 34.5 Å². The first-order chi connectivity index (χ1) is 18.7. The van der Waals surface area contributed by atoms with Crippen LogP contribution in [0.25, 0.3) is 6.08 Å². The quantitative estimate of drug-likeness (QED) is 0.518. The Bertz CT molecular complexity index is 1480. The van der Waals surface area contributed by atoms with Crippen LogP contribution in [0.15, 0.2) is 52.9 Å². The summed E-state index contributed by atoms with van der Waals surface area (Å²) in [7, 11) is -2.32. The van der Waals surface area contributed by atoms with Crippen molar-refractivity contribution in [2.45, 2.75) is 31.7 Å². The summed E-state index contributed by atoms with van der Waals surface area (Å²) in [5, 5.41) is 12.7. The minimum Gasteiger partial charge on any atom is -0.406 e. The highest BCUT2D eigenvalue weighted by atomic mass is 32.2. The Labute approximate surface area is 228 Å². The van der Waals surface area contributed by atoms with Gasteiger partial charge in [-0.3, -0.25) is 14.6 Å². The van der Waals surface area contributed by atoms with Gasteiger partial charge < -0.3 is 20.1 Å². The molecular weight excluding hydrogens is 553 g/mol. The minimum absolute atomic E-state index is 0.0140. The van der Waals surface area contributed by atoms with E-state index in [2.05, 4.69) is 15.0 Å². The number of aliphatic hydroxyl groups is 1. The molecule has 2 aromatic rings. The van der Waals surface area contributed by atoms with Crippen LogP contribution in [-0.4, -0.2) is 74.1 Å². The van der Waals surface area contributed by atoms with Crippen molar-refractivity contribution in [3.8, 4) is 5.75 Å². The summed E-state index contributed by atoms with van der Waals surface area (Å²) in [6, 6.07) is 10.1. The molecule has 1 fully saturated rings. The predicted octanol–water partition coefficient (Wildman–Crippen LogP) is 2.56. The van der Waals surface area contributed by atoms with E-state index in [9.17, 15) is 31.2 Å². The molecule has 2 amide bonds. The molecule has 0 radical (unpaired) electrons. The second-order valence-corrected chi connectivity index (χ2v) is 11.2.